The summed E-state index contributed by atoms with van der Waals surface area (Å²) in [7, 11) is 0. The van der Waals surface area contributed by atoms with Crippen LogP contribution < -0.4 is 4.74 Å². The molecule has 0 bridgehead atoms. The maximum Gasteiger partial charge on any atom is 0.359 e. The molecule has 0 fully saturated rings. The fourth-order valence-corrected chi connectivity index (χ4v) is 3.78. The van der Waals surface area contributed by atoms with Crippen molar-refractivity contribution < 1.29 is 28.2 Å². The van der Waals surface area contributed by atoms with E-state index in [-0.39, 0.29) is 41.3 Å². The van der Waals surface area contributed by atoms with Crippen LogP contribution in [0.2, 0.25) is 0 Å². The van der Waals surface area contributed by atoms with Crippen LogP contribution in [0.15, 0.2) is 54.6 Å². The largest absolute Gasteiger partial charge is 0.505 e. The van der Waals surface area contributed by atoms with Gasteiger partial charge < -0.3 is 14.6 Å². The van der Waals surface area contributed by atoms with E-state index < -0.39 is 23.4 Å². The van der Waals surface area contributed by atoms with Gasteiger partial charge in [0, 0.05) is 18.1 Å². The van der Waals surface area contributed by atoms with Crippen molar-refractivity contribution in [2.75, 3.05) is 13.2 Å². The minimum Gasteiger partial charge on any atom is -0.505 e. The van der Waals surface area contributed by atoms with Crippen LogP contribution >= 0.6 is 0 Å². The van der Waals surface area contributed by atoms with Crippen molar-refractivity contribution in [3.05, 3.63) is 83.2 Å². The van der Waals surface area contributed by atoms with Crippen LogP contribution in [0.25, 0.3) is 16.9 Å². The molecule has 0 amide bonds. The number of halogens is 2. The maximum atomic E-state index is 16.0. The number of aromatic hydroxyl groups is 1. The Morgan fingerprint density at radius 1 is 1.11 bits per heavy atom. The lowest BCUT2D eigenvalue weighted by Crippen LogP contribution is -2.14. The van der Waals surface area contributed by atoms with Gasteiger partial charge >= 0.3 is 5.97 Å². The molecular formula is C27H26F2N2O4. The molecule has 2 aromatic carbocycles. The van der Waals surface area contributed by atoms with E-state index in [0.29, 0.717) is 23.8 Å². The molecule has 0 saturated heterocycles. The second kappa shape index (κ2) is 10.1. The number of hydrogen-bond acceptors (Lipinski definition) is 5. The van der Waals surface area contributed by atoms with Gasteiger partial charge in [0.05, 0.1) is 18.9 Å². The minimum atomic E-state index is -0.833. The number of hydrogen-bond donors (Lipinski definition) is 1. The summed E-state index contributed by atoms with van der Waals surface area (Å²) in [4.78, 5) is 17.0. The number of ether oxygens (including phenoxy) is 2. The summed E-state index contributed by atoms with van der Waals surface area (Å²) in [6.45, 7) is 6.31. The van der Waals surface area contributed by atoms with Crippen molar-refractivity contribution in [2.24, 2.45) is 5.92 Å². The molecule has 6 nitrogen and oxygen atoms in total. The van der Waals surface area contributed by atoms with E-state index in [9.17, 15) is 14.3 Å². The highest BCUT2D eigenvalue weighted by molar-refractivity contribution is 5.93. The molecule has 4 rings (SSSR count). The van der Waals surface area contributed by atoms with Crippen LogP contribution in [0.4, 0.5) is 8.78 Å². The molecule has 4 aromatic rings. The quantitative estimate of drug-likeness (QED) is 0.323. The van der Waals surface area contributed by atoms with Gasteiger partial charge in [-0.3, -0.25) is 4.40 Å². The Hall–Kier alpha value is -3.94. The van der Waals surface area contributed by atoms with Gasteiger partial charge in [0.2, 0.25) is 0 Å². The van der Waals surface area contributed by atoms with Crippen molar-refractivity contribution >= 4 is 11.6 Å². The zero-order valence-corrected chi connectivity index (χ0v) is 19.7. The number of fused-ring (bicyclic) bond motifs is 1. The van der Waals surface area contributed by atoms with Crippen LogP contribution in [0.3, 0.4) is 0 Å². The van der Waals surface area contributed by atoms with Gasteiger partial charge in [-0.25, -0.2) is 18.6 Å². The zero-order chi connectivity index (χ0) is 25.1. The summed E-state index contributed by atoms with van der Waals surface area (Å²) in [5, 5.41) is 10.5. The summed E-state index contributed by atoms with van der Waals surface area (Å²) < 4.78 is 42.5. The van der Waals surface area contributed by atoms with Crippen molar-refractivity contribution in [1.29, 1.82) is 0 Å². The van der Waals surface area contributed by atoms with E-state index in [1.54, 1.807) is 37.3 Å². The number of carbonyl (C=O) groups excluding carboxylic acids is 1. The molecule has 182 valence electrons. The van der Waals surface area contributed by atoms with Crippen molar-refractivity contribution in [3.8, 4) is 22.8 Å². The van der Waals surface area contributed by atoms with Crippen LogP contribution in [-0.4, -0.2) is 33.7 Å². The predicted octanol–water partition coefficient (Wildman–Crippen LogP) is 5.79. The van der Waals surface area contributed by atoms with Crippen LogP contribution in [0.1, 0.15) is 42.5 Å². The number of benzene rings is 2. The van der Waals surface area contributed by atoms with Gasteiger partial charge in [-0.2, -0.15) is 0 Å². The van der Waals surface area contributed by atoms with Gasteiger partial charge in [-0.15, -0.1) is 0 Å². The predicted molar refractivity (Wildman–Crippen MR) is 128 cm³/mol. The average Bonchev–Trinajstić information content (AvgIpc) is 3.16. The lowest BCUT2D eigenvalue weighted by Gasteiger charge is -2.15. The van der Waals surface area contributed by atoms with Gasteiger partial charge in [-0.05, 0) is 48.7 Å². The van der Waals surface area contributed by atoms with Crippen molar-refractivity contribution in [1.82, 2.24) is 9.38 Å². The minimum absolute atomic E-state index is 0.00663. The first-order valence-corrected chi connectivity index (χ1v) is 11.4. The molecule has 0 atom stereocenters. The summed E-state index contributed by atoms with van der Waals surface area (Å²) in [5.74, 6) is -1.50. The SMILES string of the molecule is CCOC(=O)c1c(O)cc2nc(-c3ccc(OCC(C)C)cc3)c(F)c(Cc3ccccc3F)n12. The highest BCUT2D eigenvalue weighted by Crippen LogP contribution is 2.32. The lowest BCUT2D eigenvalue weighted by atomic mass is 10.0. The number of aromatic nitrogens is 2. The van der Waals surface area contributed by atoms with E-state index in [4.69, 9.17) is 9.47 Å². The molecule has 8 heteroatoms. The molecule has 0 saturated carbocycles. The summed E-state index contributed by atoms with van der Waals surface area (Å²) >= 11 is 0. The number of rotatable bonds is 8. The van der Waals surface area contributed by atoms with Gasteiger partial charge in [0.1, 0.15) is 22.9 Å². The Kier molecular flexibility index (Phi) is 7.00. The molecule has 0 aliphatic heterocycles. The summed E-state index contributed by atoms with van der Waals surface area (Å²) in [5.41, 5.74) is 0.545. The Morgan fingerprint density at radius 2 is 1.83 bits per heavy atom. The zero-order valence-electron chi connectivity index (χ0n) is 19.7. The first kappa shape index (κ1) is 24.2. The number of esters is 1. The van der Waals surface area contributed by atoms with Gasteiger partial charge in [0.15, 0.2) is 17.3 Å². The smallest absolute Gasteiger partial charge is 0.359 e. The highest BCUT2D eigenvalue weighted by Gasteiger charge is 2.26. The monoisotopic (exact) mass is 480 g/mol. The van der Waals surface area contributed by atoms with Crippen LogP contribution in [-0.2, 0) is 11.2 Å². The summed E-state index contributed by atoms with van der Waals surface area (Å²) in [6.07, 6.45) is -0.180. The fourth-order valence-electron chi connectivity index (χ4n) is 3.78. The van der Waals surface area contributed by atoms with Crippen LogP contribution in [0, 0.1) is 17.6 Å². The standard InChI is InChI=1S/C27H26F2N2O4/c1-4-34-27(33)26-22(32)14-23-30-25(17-9-11-19(12-10-17)35-15-16(2)3)24(29)21(31(23)26)13-18-7-5-6-8-20(18)28/h5-12,14,16,32H,4,13,15H2,1-3H3. The fraction of sp³-hybridized carbons (Fsp3) is 0.259. The molecule has 1 N–H and O–H groups in total. The average molecular weight is 481 g/mol. The van der Waals surface area contributed by atoms with E-state index in [0.717, 1.165) is 0 Å². The summed E-state index contributed by atoms with van der Waals surface area (Å²) in [6, 6.07) is 14.1. The van der Waals surface area contributed by atoms with E-state index in [1.807, 2.05) is 13.8 Å². The first-order chi connectivity index (χ1) is 16.8. The second-order valence-electron chi connectivity index (χ2n) is 8.51. The Balaban J connectivity index is 1.88. The first-order valence-electron chi connectivity index (χ1n) is 11.4. The molecule has 2 aromatic heterocycles. The Labute approximate surface area is 201 Å². The van der Waals surface area contributed by atoms with Crippen LogP contribution in [0.5, 0.6) is 11.5 Å². The second-order valence-corrected chi connectivity index (χ2v) is 8.51. The molecule has 0 aliphatic carbocycles. The normalized spacial score (nSPS) is 11.3. The number of carbonyl (C=O) groups is 1. The molecule has 2 heterocycles. The van der Waals surface area contributed by atoms with E-state index >= 15 is 4.39 Å². The highest BCUT2D eigenvalue weighted by atomic mass is 19.1. The molecule has 35 heavy (non-hydrogen) atoms. The van der Waals surface area contributed by atoms with Crippen molar-refractivity contribution in [3.63, 3.8) is 0 Å². The van der Waals surface area contributed by atoms with E-state index in [2.05, 4.69) is 4.98 Å². The molecule has 0 unspecified atom stereocenters. The topological polar surface area (TPSA) is 73.1 Å². The molecule has 0 radical (unpaired) electrons. The molecule has 0 aliphatic rings. The Morgan fingerprint density at radius 3 is 2.49 bits per heavy atom. The van der Waals surface area contributed by atoms with Gasteiger partial charge in [-0.1, -0.05) is 32.0 Å². The third-order valence-corrected chi connectivity index (χ3v) is 5.41. The maximum absolute atomic E-state index is 16.0. The lowest BCUT2D eigenvalue weighted by molar-refractivity contribution is 0.0514. The van der Waals surface area contributed by atoms with Crippen molar-refractivity contribution in [2.45, 2.75) is 27.2 Å². The van der Waals surface area contributed by atoms with Gasteiger partial charge in [0.25, 0.3) is 0 Å². The third-order valence-electron chi connectivity index (χ3n) is 5.41. The Bertz CT molecular complexity index is 1360. The molecular weight excluding hydrogens is 454 g/mol. The molecule has 0 spiro atoms. The van der Waals surface area contributed by atoms with E-state index in [1.165, 1.54) is 28.7 Å². The third kappa shape index (κ3) is 4.96. The number of nitrogens with zero attached hydrogens (tertiary/aromatic N) is 2.